The van der Waals surface area contributed by atoms with Crippen molar-refractivity contribution in [3.05, 3.63) is 118 Å². The summed E-state index contributed by atoms with van der Waals surface area (Å²) in [6.45, 7) is 16.3. The quantitative estimate of drug-likeness (QED) is 0.128. The molecule has 11 nitrogen and oxygen atoms in total. The first-order valence-electron chi connectivity index (χ1n) is 18.7. The fraction of sp³-hybridized carbons (Fsp3) is 0.419. The Kier molecular flexibility index (Phi) is 15.6. The molecule has 0 radical (unpaired) electrons. The van der Waals surface area contributed by atoms with Crippen molar-refractivity contribution in [2.24, 2.45) is 0 Å². The van der Waals surface area contributed by atoms with Gasteiger partial charge in [-0.2, -0.15) is 5.26 Å². The van der Waals surface area contributed by atoms with Crippen LogP contribution in [0.4, 0.5) is 28.4 Å². The maximum absolute atomic E-state index is 15.7. The number of hydrogen-bond acceptors (Lipinski definition) is 9. The van der Waals surface area contributed by atoms with E-state index in [9.17, 15) is 23.2 Å². The molecule has 0 bridgehead atoms. The number of pyridine rings is 1. The molecule has 310 valence electrons. The summed E-state index contributed by atoms with van der Waals surface area (Å²) >= 11 is 1.37. The Balaban J connectivity index is 1.63. The zero-order valence-corrected chi connectivity index (χ0v) is 34.6. The van der Waals surface area contributed by atoms with Gasteiger partial charge >= 0.3 is 12.2 Å². The fourth-order valence-electron chi connectivity index (χ4n) is 6.16. The first-order valence-corrected chi connectivity index (χ1v) is 19.7. The minimum absolute atomic E-state index is 0.0146. The third-order valence-corrected chi connectivity index (χ3v) is 9.65. The lowest BCUT2D eigenvalue weighted by Gasteiger charge is -2.38. The van der Waals surface area contributed by atoms with Crippen molar-refractivity contribution in [3.63, 3.8) is 0 Å². The molecule has 2 N–H and O–H groups in total. The van der Waals surface area contributed by atoms with Gasteiger partial charge in [0.25, 0.3) is 0 Å². The number of carbonyl (C=O) groups excluding carboxylic acids is 3. The summed E-state index contributed by atoms with van der Waals surface area (Å²) in [4.78, 5) is 47.0. The second kappa shape index (κ2) is 19.9. The van der Waals surface area contributed by atoms with E-state index in [1.54, 1.807) is 59.4 Å². The van der Waals surface area contributed by atoms with Crippen LogP contribution in [-0.2, 0) is 25.4 Å². The lowest BCUT2D eigenvalue weighted by molar-refractivity contribution is -0.118. The van der Waals surface area contributed by atoms with Crippen LogP contribution in [0.2, 0.25) is 0 Å². The number of morpholine rings is 1. The predicted octanol–water partition coefficient (Wildman–Crippen LogP) is 8.82. The van der Waals surface area contributed by atoms with E-state index >= 15 is 4.39 Å². The Morgan fingerprint density at radius 3 is 2.09 bits per heavy atom. The molecule has 3 atom stereocenters. The molecule has 1 saturated heterocycles. The Labute approximate surface area is 342 Å². The molecule has 1 aromatic heterocycles. The number of rotatable bonds is 13. The first-order chi connectivity index (χ1) is 27.2. The van der Waals surface area contributed by atoms with Gasteiger partial charge < -0.3 is 29.7 Å². The molecule has 3 unspecified atom stereocenters. The van der Waals surface area contributed by atoms with Crippen LogP contribution in [0.3, 0.4) is 0 Å². The van der Waals surface area contributed by atoms with Gasteiger partial charge in [-0.1, -0.05) is 30.8 Å². The highest BCUT2D eigenvalue weighted by atomic mass is 32.2. The smallest absolute Gasteiger partial charge is 0.410 e. The van der Waals surface area contributed by atoms with Crippen molar-refractivity contribution in [3.8, 4) is 6.07 Å². The SMILES string of the molecule is C=C(C=C(C)C#N)SCC1CN(C(=O)OC(C)(C)C)CC(CCc2c(F)cncc2NC(=O)C(NC(=O)OC(C)(C)C)C(c2ccc(F)cc2)c2ccc(F)cc2)O1. The van der Waals surface area contributed by atoms with Crippen LogP contribution < -0.4 is 10.6 Å². The van der Waals surface area contributed by atoms with Crippen LogP contribution in [0.25, 0.3) is 0 Å². The number of allylic oxidation sites excluding steroid dienone is 2. The van der Waals surface area contributed by atoms with Crippen LogP contribution in [0.15, 0.2) is 84.1 Å². The monoisotopic (exact) mass is 821 g/mol. The van der Waals surface area contributed by atoms with Crippen molar-refractivity contribution >= 4 is 35.5 Å². The molecule has 4 rings (SSSR count). The Morgan fingerprint density at radius 1 is 0.966 bits per heavy atom. The molecule has 15 heteroatoms. The number of halogens is 3. The van der Waals surface area contributed by atoms with Crippen LogP contribution in [0, 0.1) is 28.8 Å². The van der Waals surface area contributed by atoms with Gasteiger partial charge in [-0.25, -0.2) is 22.8 Å². The third-order valence-electron chi connectivity index (χ3n) is 8.62. The summed E-state index contributed by atoms with van der Waals surface area (Å²) in [7, 11) is 0. The number of alkyl carbamates (subject to hydrolysis) is 1. The van der Waals surface area contributed by atoms with Crippen LogP contribution >= 0.6 is 11.8 Å². The summed E-state index contributed by atoms with van der Waals surface area (Å²) in [5, 5.41) is 14.5. The number of nitrogens with zero attached hydrogens (tertiary/aromatic N) is 3. The zero-order valence-electron chi connectivity index (χ0n) is 33.7. The molecule has 3 aromatic rings. The topological polar surface area (TPSA) is 143 Å². The lowest BCUT2D eigenvalue weighted by Crippen LogP contribution is -2.52. The summed E-state index contributed by atoms with van der Waals surface area (Å²) < 4.78 is 61.4. The molecular weight excluding hydrogens is 772 g/mol. The molecular formula is C43H50F3N5O6S. The van der Waals surface area contributed by atoms with Crippen molar-refractivity contribution in [2.75, 3.05) is 24.2 Å². The van der Waals surface area contributed by atoms with E-state index < -0.39 is 70.9 Å². The number of ether oxygens (including phenoxy) is 3. The molecule has 1 aliphatic heterocycles. The number of aromatic nitrogens is 1. The van der Waals surface area contributed by atoms with E-state index in [4.69, 9.17) is 19.5 Å². The number of amides is 3. The van der Waals surface area contributed by atoms with E-state index in [0.717, 1.165) is 6.20 Å². The highest BCUT2D eigenvalue weighted by Crippen LogP contribution is 2.32. The highest BCUT2D eigenvalue weighted by molar-refractivity contribution is 8.03. The second-order valence-electron chi connectivity index (χ2n) is 15.9. The number of benzene rings is 2. The lowest BCUT2D eigenvalue weighted by atomic mass is 9.84. The third kappa shape index (κ3) is 13.9. The number of nitrogens with one attached hydrogen (secondary N) is 2. The van der Waals surface area contributed by atoms with Crippen molar-refractivity contribution in [2.45, 2.75) is 96.7 Å². The molecule has 0 aliphatic carbocycles. The van der Waals surface area contributed by atoms with Gasteiger partial charge in [-0.3, -0.25) is 9.78 Å². The molecule has 0 saturated carbocycles. The minimum atomic E-state index is -1.44. The number of thioether (sulfide) groups is 1. The van der Waals surface area contributed by atoms with Gasteiger partial charge in [-0.15, -0.1) is 11.8 Å². The largest absolute Gasteiger partial charge is 0.444 e. The summed E-state index contributed by atoms with van der Waals surface area (Å²) in [5.41, 5.74) is -0.262. The maximum atomic E-state index is 15.7. The molecule has 3 amide bonds. The van der Waals surface area contributed by atoms with E-state index in [1.807, 2.05) is 0 Å². The maximum Gasteiger partial charge on any atom is 0.410 e. The Hall–Kier alpha value is -5.33. The fourth-order valence-corrected chi connectivity index (χ4v) is 7.00. The van der Waals surface area contributed by atoms with E-state index in [0.29, 0.717) is 27.4 Å². The molecule has 1 aliphatic rings. The molecule has 2 aromatic carbocycles. The molecule has 58 heavy (non-hydrogen) atoms. The van der Waals surface area contributed by atoms with Gasteiger partial charge in [0.1, 0.15) is 34.7 Å². The normalized spacial score (nSPS) is 16.6. The molecule has 1 fully saturated rings. The molecule has 0 spiro atoms. The van der Waals surface area contributed by atoms with Crippen molar-refractivity contribution < 1.29 is 41.8 Å². The van der Waals surface area contributed by atoms with E-state index in [1.165, 1.54) is 66.5 Å². The second-order valence-corrected chi connectivity index (χ2v) is 17.0. The summed E-state index contributed by atoms with van der Waals surface area (Å²) in [6, 6.07) is 11.2. The van der Waals surface area contributed by atoms with Gasteiger partial charge in [0, 0.05) is 27.7 Å². The van der Waals surface area contributed by atoms with E-state index in [2.05, 4.69) is 28.3 Å². The minimum Gasteiger partial charge on any atom is -0.444 e. The Bertz CT molecular complexity index is 1960. The number of carbonyl (C=O) groups is 3. The summed E-state index contributed by atoms with van der Waals surface area (Å²) in [5.74, 6) is -3.16. The van der Waals surface area contributed by atoms with Gasteiger partial charge in [-0.05, 0) is 103 Å². The zero-order chi connectivity index (χ0) is 42.8. The average Bonchev–Trinajstić information content (AvgIpc) is 3.13. The first kappa shape index (κ1) is 45.4. The number of nitriles is 1. The standard InChI is InChI=1S/C43H50F3N5O6S/c1-26(20-47)19-27(2)58-25-33-24-51(41(54)57-43(6,7)8)23-32(55-33)17-18-34-35(46)21-48-22-36(34)49-39(52)38(50-40(53)56-42(3,4)5)37(28-9-13-30(44)14-10-28)29-11-15-31(45)16-12-29/h9-16,19,21-22,32-33,37-38H,2,17-18,23-25H2,1,3-8H3,(H,49,52)(H,50,53). The molecule has 2 heterocycles. The van der Waals surface area contributed by atoms with Gasteiger partial charge in [0.05, 0.1) is 49.4 Å². The van der Waals surface area contributed by atoms with Crippen molar-refractivity contribution in [1.82, 2.24) is 15.2 Å². The van der Waals surface area contributed by atoms with Crippen LogP contribution in [0.1, 0.15) is 77.5 Å². The van der Waals surface area contributed by atoms with Gasteiger partial charge in [0.15, 0.2) is 0 Å². The number of hydrogen-bond donors (Lipinski definition) is 2. The highest BCUT2D eigenvalue weighted by Gasteiger charge is 2.36. The van der Waals surface area contributed by atoms with Crippen LogP contribution in [-0.4, -0.2) is 76.3 Å². The predicted molar refractivity (Wildman–Crippen MR) is 216 cm³/mol. The van der Waals surface area contributed by atoms with E-state index in [-0.39, 0.29) is 37.2 Å². The van der Waals surface area contributed by atoms with Crippen molar-refractivity contribution in [1.29, 1.82) is 5.26 Å². The summed E-state index contributed by atoms with van der Waals surface area (Å²) in [6.07, 6.45) is 1.71. The van der Waals surface area contributed by atoms with Crippen LogP contribution in [0.5, 0.6) is 0 Å². The average molecular weight is 822 g/mol. The Morgan fingerprint density at radius 2 is 1.53 bits per heavy atom. The number of anilines is 1. The van der Waals surface area contributed by atoms with Gasteiger partial charge in [0.2, 0.25) is 5.91 Å².